The zero-order valence-electron chi connectivity index (χ0n) is 11.3. The normalized spacial score (nSPS) is 12.4. The van der Waals surface area contributed by atoms with E-state index in [1.165, 1.54) is 0 Å². The molecule has 0 heterocycles. The van der Waals surface area contributed by atoms with Gasteiger partial charge in [0.1, 0.15) is 6.54 Å². The van der Waals surface area contributed by atoms with Gasteiger partial charge in [-0.25, -0.2) is 0 Å². The second kappa shape index (κ2) is 7.54. The van der Waals surface area contributed by atoms with Crippen molar-refractivity contribution < 1.29 is 9.53 Å². The zero-order valence-corrected chi connectivity index (χ0v) is 11.3. The van der Waals surface area contributed by atoms with Crippen molar-refractivity contribution in [2.45, 2.75) is 26.8 Å². The van der Waals surface area contributed by atoms with E-state index in [2.05, 4.69) is 13.0 Å². The number of ether oxygens (including phenoxy) is 1. The number of carbonyl (C=O) groups excluding carboxylic acids is 1. The molecule has 0 saturated carbocycles. The van der Waals surface area contributed by atoms with Crippen LogP contribution in [0.15, 0.2) is 42.5 Å². The van der Waals surface area contributed by atoms with E-state index in [1.807, 2.05) is 55.2 Å². The summed E-state index contributed by atoms with van der Waals surface area (Å²) in [5, 5.41) is 0. The van der Waals surface area contributed by atoms with E-state index in [4.69, 9.17) is 4.74 Å². The Bertz CT molecular complexity index is 387. The van der Waals surface area contributed by atoms with Crippen molar-refractivity contribution in [3.63, 3.8) is 0 Å². The summed E-state index contributed by atoms with van der Waals surface area (Å²) in [7, 11) is 0. The predicted octanol–water partition coefficient (Wildman–Crippen LogP) is 3.02. The molecule has 0 N–H and O–H groups in total. The van der Waals surface area contributed by atoms with Crippen molar-refractivity contribution in [2.24, 2.45) is 0 Å². The molecule has 1 aromatic rings. The maximum atomic E-state index is 11.6. The van der Waals surface area contributed by atoms with Crippen LogP contribution in [0.5, 0.6) is 0 Å². The van der Waals surface area contributed by atoms with Crippen LogP contribution in [0.25, 0.3) is 0 Å². The average molecular weight is 247 g/mol. The number of hydrogen-bond donors (Lipinski definition) is 0. The first-order valence-corrected chi connectivity index (χ1v) is 6.29. The number of allylic oxidation sites excluding steroid dienone is 1. The molecule has 0 saturated heterocycles. The minimum atomic E-state index is -0.197. The molecule has 0 aliphatic heterocycles. The van der Waals surface area contributed by atoms with Gasteiger partial charge in [0.15, 0.2) is 0 Å². The number of anilines is 1. The minimum Gasteiger partial charge on any atom is -0.465 e. The molecular weight excluding hydrogens is 226 g/mol. The van der Waals surface area contributed by atoms with Gasteiger partial charge in [-0.15, -0.1) is 0 Å². The Kier molecular flexibility index (Phi) is 5.98. The maximum absolute atomic E-state index is 11.6. The van der Waals surface area contributed by atoms with Crippen LogP contribution in [0, 0.1) is 0 Å². The van der Waals surface area contributed by atoms with Gasteiger partial charge >= 0.3 is 5.97 Å². The van der Waals surface area contributed by atoms with E-state index in [0.717, 1.165) is 5.69 Å². The van der Waals surface area contributed by atoms with E-state index in [0.29, 0.717) is 6.61 Å². The van der Waals surface area contributed by atoms with Crippen LogP contribution in [0.4, 0.5) is 5.69 Å². The number of nitrogens with zero attached hydrogens (tertiary/aromatic N) is 1. The third kappa shape index (κ3) is 4.24. The quantitative estimate of drug-likeness (QED) is 0.571. The van der Waals surface area contributed by atoms with Gasteiger partial charge in [-0.1, -0.05) is 30.4 Å². The summed E-state index contributed by atoms with van der Waals surface area (Å²) >= 11 is 0. The fraction of sp³-hybridized carbons (Fsp3) is 0.400. The van der Waals surface area contributed by atoms with E-state index >= 15 is 0 Å². The molecular formula is C15H21NO2. The molecule has 0 spiro atoms. The highest BCUT2D eigenvalue weighted by atomic mass is 16.5. The molecule has 0 aliphatic carbocycles. The average Bonchev–Trinajstić information content (AvgIpc) is 2.37. The van der Waals surface area contributed by atoms with Gasteiger partial charge in [-0.2, -0.15) is 0 Å². The Hall–Kier alpha value is -1.77. The molecule has 0 amide bonds. The molecule has 0 bridgehead atoms. The second-order valence-electron chi connectivity index (χ2n) is 4.03. The highest BCUT2D eigenvalue weighted by Gasteiger charge is 2.16. The number of benzene rings is 1. The molecule has 0 aliphatic rings. The van der Waals surface area contributed by atoms with Crippen LogP contribution < -0.4 is 4.90 Å². The molecule has 3 nitrogen and oxygen atoms in total. The van der Waals surface area contributed by atoms with Gasteiger partial charge in [-0.05, 0) is 32.9 Å². The van der Waals surface area contributed by atoms with Gasteiger partial charge in [0.25, 0.3) is 0 Å². The van der Waals surface area contributed by atoms with Crippen LogP contribution in [-0.4, -0.2) is 25.2 Å². The van der Waals surface area contributed by atoms with Crippen molar-refractivity contribution in [3.8, 4) is 0 Å². The number of para-hydroxylation sites is 1. The topological polar surface area (TPSA) is 29.5 Å². The number of esters is 1. The molecule has 0 aromatic heterocycles. The lowest BCUT2D eigenvalue weighted by Gasteiger charge is -2.28. The van der Waals surface area contributed by atoms with E-state index in [-0.39, 0.29) is 18.6 Å². The third-order valence-electron chi connectivity index (χ3n) is 2.66. The number of hydrogen-bond acceptors (Lipinski definition) is 3. The van der Waals surface area contributed by atoms with Gasteiger partial charge in [0.2, 0.25) is 0 Å². The summed E-state index contributed by atoms with van der Waals surface area (Å²) in [4.78, 5) is 13.7. The largest absolute Gasteiger partial charge is 0.465 e. The summed E-state index contributed by atoms with van der Waals surface area (Å²) < 4.78 is 5.02. The molecule has 1 aromatic carbocycles. The Labute approximate surface area is 109 Å². The first-order valence-electron chi connectivity index (χ1n) is 6.29. The minimum absolute atomic E-state index is 0.154. The highest BCUT2D eigenvalue weighted by Crippen LogP contribution is 2.17. The van der Waals surface area contributed by atoms with Crippen LogP contribution in [-0.2, 0) is 9.53 Å². The van der Waals surface area contributed by atoms with Crippen molar-refractivity contribution in [2.75, 3.05) is 18.1 Å². The van der Waals surface area contributed by atoms with Crippen LogP contribution in [0.3, 0.4) is 0 Å². The van der Waals surface area contributed by atoms with Gasteiger partial charge in [-0.3, -0.25) is 4.79 Å². The SMILES string of the molecule is CC=CC(C)N(CC(=O)OCC)c1ccccc1. The first-order chi connectivity index (χ1) is 8.69. The summed E-state index contributed by atoms with van der Waals surface area (Å²) in [6.07, 6.45) is 4.05. The Morgan fingerprint density at radius 1 is 1.39 bits per heavy atom. The van der Waals surface area contributed by atoms with E-state index in [9.17, 15) is 4.79 Å². The standard InChI is InChI=1S/C15H21NO2/c1-4-9-13(3)16(12-15(17)18-5-2)14-10-7-6-8-11-14/h4,6-11,13H,5,12H2,1-3H3. The molecule has 0 fully saturated rings. The number of rotatable bonds is 6. The number of carbonyl (C=O) groups is 1. The van der Waals surface area contributed by atoms with Crippen LogP contribution in [0.2, 0.25) is 0 Å². The van der Waals surface area contributed by atoms with Crippen LogP contribution in [0.1, 0.15) is 20.8 Å². The summed E-state index contributed by atoms with van der Waals surface area (Å²) in [6, 6.07) is 10.1. The maximum Gasteiger partial charge on any atom is 0.325 e. The monoisotopic (exact) mass is 247 g/mol. The molecule has 18 heavy (non-hydrogen) atoms. The van der Waals surface area contributed by atoms with Gasteiger partial charge < -0.3 is 9.64 Å². The molecule has 1 atom stereocenters. The Balaban J connectivity index is 2.85. The molecule has 0 radical (unpaired) electrons. The molecule has 1 unspecified atom stereocenters. The fourth-order valence-electron chi connectivity index (χ4n) is 1.82. The zero-order chi connectivity index (χ0) is 13.4. The summed E-state index contributed by atoms with van der Waals surface area (Å²) in [5.41, 5.74) is 1.02. The Morgan fingerprint density at radius 2 is 2.06 bits per heavy atom. The van der Waals surface area contributed by atoms with Crippen molar-refractivity contribution in [1.29, 1.82) is 0 Å². The lowest BCUT2D eigenvalue weighted by atomic mass is 10.2. The van der Waals surface area contributed by atoms with Gasteiger partial charge in [0, 0.05) is 11.7 Å². The van der Waals surface area contributed by atoms with E-state index < -0.39 is 0 Å². The highest BCUT2D eigenvalue weighted by molar-refractivity contribution is 5.76. The third-order valence-corrected chi connectivity index (χ3v) is 2.66. The lowest BCUT2D eigenvalue weighted by Crippen LogP contribution is -2.37. The molecule has 1 rings (SSSR count). The van der Waals surface area contributed by atoms with Gasteiger partial charge in [0.05, 0.1) is 6.61 Å². The first kappa shape index (κ1) is 14.3. The summed E-state index contributed by atoms with van der Waals surface area (Å²) in [5.74, 6) is -0.197. The molecule has 98 valence electrons. The summed E-state index contributed by atoms with van der Waals surface area (Å²) in [6.45, 7) is 6.54. The fourth-order valence-corrected chi connectivity index (χ4v) is 1.82. The van der Waals surface area contributed by atoms with Crippen molar-refractivity contribution in [1.82, 2.24) is 0 Å². The lowest BCUT2D eigenvalue weighted by molar-refractivity contribution is -0.141. The van der Waals surface area contributed by atoms with Crippen molar-refractivity contribution >= 4 is 11.7 Å². The van der Waals surface area contributed by atoms with Crippen LogP contribution >= 0.6 is 0 Å². The van der Waals surface area contributed by atoms with Crippen molar-refractivity contribution in [3.05, 3.63) is 42.5 Å². The van der Waals surface area contributed by atoms with E-state index in [1.54, 1.807) is 0 Å². The smallest absolute Gasteiger partial charge is 0.325 e. The Morgan fingerprint density at radius 3 is 2.61 bits per heavy atom. The molecule has 3 heteroatoms. The predicted molar refractivity (Wildman–Crippen MR) is 74.7 cm³/mol. The second-order valence-corrected chi connectivity index (χ2v) is 4.03.